The van der Waals surface area contributed by atoms with Crippen molar-refractivity contribution in [1.29, 1.82) is 0 Å². The van der Waals surface area contributed by atoms with E-state index < -0.39 is 11.3 Å². The molecule has 0 fully saturated rings. The predicted molar refractivity (Wildman–Crippen MR) is 70.7 cm³/mol. The molecule has 0 saturated heterocycles. The molecule has 2 aromatic rings. The number of carbonyl (C=O) groups is 1. The van der Waals surface area contributed by atoms with E-state index in [1.54, 1.807) is 12.1 Å². The third kappa shape index (κ3) is 2.82. The van der Waals surface area contributed by atoms with E-state index in [4.69, 9.17) is 11.6 Å². The average molecular weight is 279 g/mol. The van der Waals surface area contributed by atoms with E-state index in [1.807, 2.05) is 19.1 Å². The number of aromatic hydroxyl groups is 1. The molecule has 5 nitrogen and oxygen atoms in total. The van der Waals surface area contributed by atoms with Gasteiger partial charge in [0.05, 0.1) is 6.20 Å². The first-order valence-corrected chi connectivity index (χ1v) is 5.91. The summed E-state index contributed by atoms with van der Waals surface area (Å²) in [7, 11) is 0. The molecule has 0 aliphatic carbocycles. The molecule has 0 atom stereocenters. The number of hydrogen-bond acceptors (Lipinski definition) is 4. The van der Waals surface area contributed by atoms with E-state index in [-0.39, 0.29) is 17.4 Å². The molecule has 19 heavy (non-hydrogen) atoms. The van der Waals surface area contributed by atoms with Gasteiger partial charge < -0.3 is 5.11 Å². The highest BCUT2D eigenvalue weighted by Crippen LogP contribution is 2.15. The third-order valence-electron chi connectivity index (χ3n) is 2.63. The van der Waals surface area contributed by atoms with Crippen LogP contribution in [0.1, 0.15) is 15.9 Å². The molecule has 0 bridgehead atoms. The summed E-state index contributed by atoms with van der Waals surface area (Å²) in [6, 6.07) is 7.00. The topological polar surface area (TPSA) is 72.2 Å². The van der Waals surface area contributed by atoms with Crippen molar-refractivity contribution in [2.75, 3.05) is 0 Å². The normalized spacial score (nSPS) is 10.4. The van der Waals surface area contributed by atoms with Gasteiger partial charge in [-0.05, 0) is 6.92 Å². The van der Waals surface area contributed by atoms with Crippen LogP contribution in [0.3, 0.4) is 0 Å². The molecule has 0 unspecified atom stereocenters. The summed E-state index contributed by atoms with van der Waals surface area (Å²) in [6.07, 6.45) is 1.03. The van der Waals surface area contributed by atoms with Gasteiger partial charge in [-0.1, -0.05) is 41.4 Å². The van der Waals surface area contributed by atoms with Crippen molar-refractivity contribution in [3.8, 4) is 5.75 Å². The Morgan fingerprint density at radius 3 is 2.63 bits per heavy atom. The summed E-state index contributed by atoms with van der Waals surface area (Å²) in [5.41, 5.74) is 0.838. The lowest BCUT2D eigenvalue weighted by atomic mass is 10.1. The van der Waals surface area contributed by atoms with Crippen LogP contribution in [0.5, 0.6) is 5.75 Å². The first-order valence-electron chi connectivity index (χ1n) is 5.53. The van der Waals surface area contributed by atoms with E-state index >= 15 is 0 Å². The summed E-state index contributed by atoms with van der Waals surface area (Å²) in [4.78, 5) is 23.6. The Hall–Kier alpha value is -2.14. The summed E-state index contributed by atoms with van der Waals surface area (Å²) >= 11 is 5.60. The van der Waals surface area contributed by atoms with Gasteiger partial charge >= 0.3 is 0 Å². The van der Waals surface area contributed by atoms with Gasteiger partial charge in [0.1, 0.15) is 6.54 Å². The predicted octanol–water partition coefficient (Wildman–Crippen LogP) is 1.79. The van der Waals surface area contributed by atoms with Crippen molar-refractivity contribution in [2.45, 2.75) is 13.5 Å². The fraction of sp³-hybridized carbons (Fsp3) is 0.154. The molecule has 2 rings (SSSR count). The second-order valence-electron chi connectivity index (χ2n) is 4.10. The Morgan fingerprint density at radius 1 is 1.37 bits per heavy atom. The summed E-state index contributed by atoms with van der Waals surface area (Å²) in [5, 5.41) is 12.5. The number of rotatable bonds is 3. The van der Waals surface area contributed by atoms with E-state index in [1.165, 1.54) is 0 Å². The number of nitrogens with zero attached hydrogens (tertiary/aromatic N) is 2. The van der Waals surface area contributed by atoms with Gasteiger partial charge in [0.2, 0.25) is 0 Å². The van der Waals surface area contributed by atoms with Crippen molar-refractivity contribution in [2.24, 2.45) is 0 Å². The first-order chi connectivity index (χ1) is 8.99. The monoisotopic (exact) mass is 278 g/mol. The SMILES string of the molecule is Cc1ccc(C(=O)Cn2ncc(O)c(Cl)c2=O)cc1. The molecule has 0 aliphatic rings. The Bertz CT molecular complexity index is 677. The van der Waals surface area contributed by atoms with E-state index in [0.29, 0.717) is 5.56 Å². The largest absolute Gasteiger partial charge is 0.505 e. The number of aromatic nitrogens is 2. The van der Waals surface area contributed by atoms with Gasteiger partial charge in [-0.15, -0.1) is 0 Å². The fourth-order valence-electron chi connectivity index (χ4n) is 1.54. The quantitative estimate of drug-likeness (QED) is 0.869. The second kappa shape index (κ2) is 5.24. The number of ketones is 1. The number of benzene rings is 1. The zero-order valence-electron chi connectivity index (χ0n) is 10.1. The molecule has 1 aromatic heterocycles. The number of halogens is 1. The molecule has 1 N–H and O–H groups in total. The Morgan fingerprint density at radius 2 is 2.00 bits per heavy atom. The summed E-state index contributed by atoms with van der Waals surface area (Å²) in [6.45, 7) is 1.70. The molecule has 1 aromatic carbocycles. The lowest BCUT2D eigenvalue weighted by molar-refractivity contribution is 0.0965. The zero-order valence-corrected chi connectivity index (χ0v) is 10.9. The summed E-state index contributed by atoms with van der Waals surface area (Å²) in [5.74, 6) is -0.651. The van der Waals surface area contributed by atoms with Gasteiger partial charge in [0.15, 0.2) is 16.6 Å². The molecule has 0 amide bonds. The highest BCUT2D eigenvalue weighted by atomic mass is 35.5. The lowest BCUT2D eigenvalue weighted by Gasteiger charge is -2.05. The van der Waals surface area contributed by atoms with Crippen LogP contribution in [-0.2, 0) is 6.54 Å². The molecule has 0 aliphatic heterocycles. The Kier molecular flexibility index (Phi) is 3.66. The minimum Gasteiger partial charge on any atom is -0.505 e. The Balaban J connectivity index is 2.27. The minimum atomic E-state index is -0.692. The van der Waals surface area contributed by atoms with Gasteiger partial charge in [0.25, 0.3) is 5.56 Å². The maximum atomic E-state index is 12.0. The third-order valence-corrected chi connectivity index (χ3v) is 2.99. The van der Waals surface area contributed by atoms with E-state index in [0.717, 1.165) is 16.4 Å². The maximum Gasteiger partial charge on any atom is 0.289 e. The molecule has 6 heteroatoms. The summed E-state index contributed by atoms with van der Waals surface area (Å²) < 4.78 is 0.921. The molecule has 1 heterocycles. The molecule has 0 spiro atoms. The van der Waals surface area contributed by atoms with Crippen LogP contribution in [0, 0.1) is 6.92 Å². The van der Waals surface area contributed by atoms with Crippen molar-refractivity contribution in [1.82, 2.24) is 9.78 Å². The van der Waals surface area contributed by atoms with Gasteiger partial charge in [-0.25, -0.2) is 4.68 Å². The fourth-order valence-corrected chi connectivity index (χ4v) is 1.68. The molecule has 0 saturated carbocycles. The van der Waals surface area contributed by atoms with Crippen molar-refractivity contribution in [3.63, 3.8) is 0 Å². The number of hydrogen-bond donors (Lipinski definition) is 1. The van der Waals surface area contributed by atoms with Crippen LogP contribution in [0.2, 0.25) is 5.02 Å². The first kappa shape index (κ1) is 13.3. The standard InChI is InChI=1S/C13H11ClN2O3/c1-8-2-4-9(5-3-8)11(18)7-16-13(19)12(14)10(17)6-15-16/h2-6,17H,7H2,1H3. The van der Waals surface area contributed by atoms with Gasteiger partial charge in [-0.2, -0.15) is 5.10 Å². The maximum absolute atomic E-state index is 12.0. The minimum absolute atomic E-state index is 0.220. The van der Waals surface area contributed by atoms with Crippen LogP contribution in [0.25, 0.3) is 0 Å². The van der Waals surface area contributed by atoms with Crippen molar-refractivity contribution < 1.29 is 9.90 Å². The number of aryl methyl sites for hydroxylation is 1. The molecular weight excluding hydrogens is 268 g/mol. The highest BCUT2D eigenvalue weighted by Gasteiger charge is 2.12. The number of Topliss-reactive ketones (excluding diaryl/α,β-unsaturated/α-hetero) is 1. The van der Waals surface area contributed by atoms with Crippen LogP contribution in [-0.4, -0.2) is 20.7 Å². The average Bonchev–Trinajstić information content (AvgIpc) is 2.40. The number of carbonyl (C=O) groups excluding carboxylic acids is 1. The van der Waals surface area contributed by atoms with E-state index in [2.05, 4.69) is 5.10 Å². The highest BCUT2D eigenvalue weighted by molar-refractivity contribution is 6.31. The lowest BCUT2D eigenvalue weighted by Crippen LogP contribution is -2.26. The molecular formula is C13H11ClN2O3. The molecule has 0 radical (unpaired) electrons. The van der Waals surface area contributed by atoms with Crippen LogP contribution >= 0.6 is 11.6 Å². The smallest absolute Gasteiger partial charge is 0.289 e. The van der Waals surface area contributed by atoms with Crippen LogP contribution in [0.4, 0.5) is 0 Å². The van der Waals surface area contributed by atoms with Gasteiger partial charge in [-0.3, -0.25) is 9.59 Å². The van der Waals surface area contributed by atoms with Crippen LogP contribution < -0.4 is 5.56 Å². The second-order valence-corrected chi connectivity index (χ2v) is 4.47. The zero-order chi connectivity index (χ0) is 14.0. The van der Waals surface area contributed by atoms with Gasteiger partial charge in [0, 0.05) is 5.56 Å². The Labute approximate surface area is 114 Å². The van der Waals surface area contributed by atoms with Crippen molar-refractivity contribution >= 4 is 17.4 Å². The van der Waals surface area contributed by atoms with E-state index in [9.17, 15) is 14.7 Å². The molecule has 98 valence electrons. The van der Waals surface area contributed by atoms with Crippen molar-refractivity contribution in [3.05, 3.63) is 57.0 Å². The van der Waals surface area contributed by atoms with Crippen LogP contribution in [0.15, 0.2) is 35.3 Å².